The van der Waals surface area contributed by atoms with Gasteiger partial charge in [0.2, 0.25) is 0 Å². The molecule has 22 heavy (non-hydrogen) atoms. The van der Waals surface area contributed by atoms with Crippen LogP contribution >= 0.6 is 0 Å². The fourth-order valence-corrected chi connectivity index (χ4v) is 3.31. The average Bonchev–Trinajstić information content (AvgIpc) is 2.77. The summed E-state index contributed by atoms with van der Waals surface area (Å²) < 4.78 is 2.36. The number of aliphatic carboxylic acids is 1. The van der Waals surface area contributed by atoms with E-state index in [-0.39, 0.29) is 11.8 Å². The zero-order chi connectivity index (χ0) is 15.9. The molecule has 0 spiro atoms. The maximum Gasteiger partial charge on any atom is 0.303 e. The molecule has 4 heteroatoms. The summed E-state index contributed by atoms with van der Waals surface area (Å²) in [6, 6.07) is 6.67. The number of carboxylic acid groups (broad SMARTS) is 1. The fraction of sp³-hybridized carbons (Fsp3) is 0.500. The van der Waals surface area contributed by atoms with Crippen LogP contribution in [0.25, 0.3) is 10.9 Å². The molecule has 2 heterocycles. The van der Waals surface area contributed by atoms with Gasteiger partial charge in [-0.3, -0.25) is 4.79 Å². The Balaban J connectivity index is 2.17. The molecule has 0 atom stereocenters. The Morgan fingerprint density at radius 2 is 2.14 bits per heavy atom. The van der Waals surface area contributed by atoms with Gasteiger partial charge >= 0.3 is 5.97 Å². The highest BCUT2D eigenvalue weighted by Crippen LogP contribution is 2.33. The Bertz CT molecular complexity index is 723. The lowest BCUT2D eigenvalue weighted by Gasteiger charge is -2.20. The van der Waals surface area contributed by atoms with Crippen molar-refractivity contribution in [2.24, 2.45) is 0 Å². The van der Waals surface area contributed by atoms with E-state index in [1.54, 1.807) is 0 Å². The Hall–Kier alpha value is -1.81. The van der Waals surface area contributed by atoms with E-state index in [2.05, 4.69) is 48.9 Å². The first-order valence-corrected chi connectivity index (χ1v) is 7.95. The molecule has 1 aliphatic heterocycles. The summed E-state index contributed by atoms with van der Waals surface area (Å²) >= 11 is 0. The SMILES string of the molecule is CC(C)(C)c1ccc2c(c1)c(CCC(=O)O)c1n2CCNC1. The third-order valence-corrected chi connectivity index (χ3v) is 4.55. The van der Waals surface area contributed by atoms with E-state index in [0.717, 1.165) is 19.6 Å². The molecule has 118 valence electrons. The molecule has 0 saturated heterocycles. The third-order valence-electron chi connectivity index (χ3n) is 4.55. The van der Waals surface area contributed by atoms with Gasteiger partial charge in [0.1, 0.15) is 0 Å². The number of hydrogen-bond donors (Lipinski definition) is 2. The van der Waals surface area contributed by atoms with Crippen LogP contribution in [0.2, 0.25) is 0 Å². The summed E-state index contributed by atoms with van der Waals surface area (Å²) in [6.07, 6.45) is 0.787. The Kier molecular flexibility index (Phi) is 3.73. The molecule has 3 rings (SSSR count). The molecular weight excluding hydrogens is 276 g/mol. The molecule has 0 aliphatic carbocycles. The topological polar surface area (TPSA) is 54.3 Å². The number of carboxylic acids is 1. The van der Waals surface area contributed by atoms with Crippen molar-refractivity contribution in [1.82, 2.24) is 9.88 Å². The molecule has 1 aromatic carbocycles. The molecule has 0 bridgehead atoms. The van der Waals surface area contributed by atoms with Crippen molar-refractivity contribution in [2.45, 2.75) is 52.1 Å². The molecule has 4 nitrogen and oxygen atoms in total. The van der Waals surface area contributed by atoms with E-state index >= 15 is 0 Å². The van der Waals surface area contributed by atoms with Gasteiger partial charge in [0, 0.05) is 42.7 Å². The first kappa shape index (κ1) is 15.1. The van der Waals surface area contributed by atoms with Crippen molar-refractivity contribution < 1.29 is 9.90 Å². The fourth-order valence-electron chi connectivity index (χ4n) is 3.31. The first-order chi connectivity index (χ1) is 10.4. The minimum atomic E-state index is -0.733. The minimum Gasteiger partial charge on any atom is -0.481 e. The number of rotatable bonds is 3. The van der Waals surface area contributed by atoms with E-state index in [0.29, 0.717) is 6.42 Å². The highest BCUT2D eigenvalue weighted by molar-refractivity contribution is 5.87. The van der Waals surface area contributed by atoms with Gasteiger partial charge < -0.3 is 15.0 Å². The summed E-state index contributed by atoms with van der Waals surface area (Å²) in [4.78, 5) is 11.0. The van der Waals surface area contributed by atoms with Crippen LogP contribution in [-0.2, 0) is 29.7 Å². The zero-order valence-electron chi connectivity index (χ0n) is 13.6. The Morgan fingerprint density at radius 3 is 2.82 bits per heavy atom. The zero-order valence-corrected chi connectivity index (χ0v) is 13.6. The Labute approximate surface area is 131 Å². The molecular formula is C18H24N2O2. The predicted molar refractivity (Wildman–Crippen MR) is 88.3 cm³/mol. The number of fused-ring (bicyclic) bond motifs is 3. The average molecular weight is 300 g/mol. The largest absolute Gasteiger partial charge is 0.481 e. The van der Waals surface area contributed by atoms with Crippen LogP contribution in [0.4, 0.5) is 0 Å². The third kappa shape index (κ3) is 2.63. The second-order valence-corrected chi connectivity index (χ2v) is 7.13. The molecule has 0 unspecified atom stereocenters. The lowest BCUT2D eigenvalue weighted by Crippen LogP contribution is -2.28. The van der Waals surface area contributed by atoms with Gasteiger partial charge in [0.15, 0.2) is 0 Å². The van der Waals surface area contributed by atoms with Crippen LogP contribution < -0.4 is 5.32 Å². The summed E-state index contributed by atoms with van der Waals surface area (Å²) in [6.45, 7) is 9.38. The quantitative estimate of drug-likeness (QED) is 0.916. The van der Waals surface area contributed by atoms with E-state index < -0.39 is 5.97 Å². The molecule has 0 saturated carbocycles. The van der Waals surface area contributed by atoms with Crippen LogP contribution in [0, 0.1) is 0 Å². The van der Waals surface area contributed by atoms with Crippen molar-refractivity contribution >= 4 is 16.9 Å². The van der Waals surface area contributed by atoms with Crippen molar-refractivity contribution in [3.63, 3.8) is 0 Å². The summed E-state index contributed by atoms with van der Waals surface area (Å²) in [7, 11) is 0. The standard InChI is InChI=1S/C18H24N2O2/c1-18(2,3)12-4-6-15-14(10-12)13(5-7-17(21)22)16-11-19-8-9-20(15)16/h4,6,10,19H,5,7-9,11H2,1-3H3,(H,21,22). The maximum atomic E-state index is 11.0. The Morgan fingerprint density at radius 1 is 1.36 bits per heavy atom. The number of aryl methyl sites for hydroxylation is 1. The molecule has 0 fully saturated rings. The van der Waals surface area contributed by atoms with Crippen LogP contribution in [0.5, 0.6) is 0 Å². The van der Waals surface area contributed by atoms with Crippen LogP contribution in [0.3, 0.4) is 0 Å². The van der Waals surface area contributed by atoms with Gasteiger partial charge in [-0.2, -0.15) is 0 Å². The number of benzene rings is 1. The van der Waals surface area contributed by atoms with Gasteiger partial charge in [0.05, 0.1) is 0 Å². The first-order valence-electron chi connectivity index (χ1n) is 7.95. The van der Waals surface area contributed by atoms with E-state index in [1.165, 1.54) is 27.7 Å². The number of hydrogen-bond acceptors (Lipinski definition) is 2. The van der Waals surface area contributed by atoms with Crippen LogP contribution in [-0.4, -0.2) is 22.2 Å². The highest BCUT2D eigenvalue weighted by Gasteiger charge is 2.22. The second-order valence-electron chi connectivity index (χ2n) is 7.13. The van der Waals surface area contributed by atoms with Crippen LogP contribution in [0.15, 0.2) is 18.2 Å². The van der Waals surface area contributed by atoms with Gasteiger partial charge in [0.25, 0.3) is 0 Å². The van der Waals surface area contributed by atoms with Crippen molar-refractivity contribution in [3.8, 4) is 0 Å². The van der Waals surface area contributed by atoms with Gasteiger partial charge in [-0.1, -0.05) is 26.8 Å². The smallest absolute Gasteiger partial charge is 0.303 e. The van der Waals surface area contributed by atoms with Gasteiger partial charge in [-0.15, -0.1) is 0 Å². The van der Waals surface area contributed by atoms with E-state index in [9.17, 15) is 4.79 Å². The number of nitrogens with one attached hydrogen (secondary N) is 1. The molecule has 0 amide bonds. The van der Waals surface area contributed by atoms with Crippen LogP contribution in [0.1, 0.15) is 44.0 Å². The van der Waals surface area contributed by atoms with Crippen molar-refractivity contribution in [1.29, 1.82) is 0 Å². The summed E-state index contributed by atoms with van der Waals surface area (Å²) in [5.41, 5.74) is 5.10. The summed E-state index contributed by atoms with van der Waals surface area (Å²) in [5.74, 6) is -0.733. The minimum absolute atomic E-state index is 0.0962. The maximum absolute atomic E-state index is 11.0. The van der Waals surface area contributed by atoms with Gasteiger partial charge in [-0.05, 0) is 35.1 Å². The lowest BCUT2D eigenvalue weighted by atomic mass is 9.86. The molecule has 2 N–H and O–H groups in total. The normalized spacial score (nSPS) is 15.0. The number of nitrogens with zero attached hydrogens (tertiary/aromatic N) is 1. The van der Waals surface area contributed by atoms with Crippen molar-refractivity contribution in [3.05, 3.63) is 35.0 Å². The highest BCUT2D eigenvalue weighted by atomic mass is 16.4. The molecule has 2 aromatic rings. The number of carbonyl (C=O) groups is 1. The monoisotopic (exact) mass is 300 g/mol. The van der Waals surface area contributed by atoms with E-state index in [1.807, 2.05) is 0 Å². The molecule has 0 radical (unpaired) electrons. The van der Waals surface area contributed by atoms with Crippen molar-refractivity contribution in [2.75, 3.05) is 6.54 Å². The summed E-state index contributed by atoms with van der Waals surface area (Å²) in [5, 5.41) is 13.7. The second kappa shape index (κ2) is 5.43. The number of aromatic nitrogens is 1. The predicted octanol–water partition coefficient (Wildman–Crippen LogP) is 3.06. The van der Waals surface area contributed by atoms with E-state index in [4.69, 9.17) is 5.11 Å². The van der Waals surface area contributed by atoms with Gasteiger partial charge in [-0.25, -0.2) is 0 Å². The molecule has 1 aliphatic rings. The molecule has 1 aromatic heterocycles. The lowest BCUT2D eigenvalue weighted by molar-refractivity contribution is -0.136.